The van der Waals surface area contributed by atoms with Gasteiger partial charge in [-0.2, -0.15) is 0 Å². The third kappa shape index (κ3) is 2.71. The third-order valence-corrected chi connectivity index (χ3v) is 5.46. The van der Waals surface area contributed by atoms with Crippen LogP contribution in [0.25, 0.3) is 0 Å². The van der Waals surface area contributed by atoms with Crippen LogP contribution >= 0.6 is 11.8 Å². The number of methoxy groups -OCH3 is 1. The number of thioether (sulfide) groups is 1. The van der Waals surface area contributed by atoms with E-state index in [4.69, 9.17) is 9.47 Å². The molecule has 0 saturated heterocycles. The van der Waals surface area contributed by atoms with Crippen LogP contribution < -0.4 is 14.4 Å². The highest BCUT2D eigenvalue weighted by atomic mass is 32.2. The summed E-state index contributed by atoms with van der Waals surface area (Å²) in [5.41, 5.74) is 1.94. The highest BCUT2D eigenvalue weighted by Gasteiger charge is 2.32. The highest BCUT2D eigenvalue weighted by molar-refractivity contribution is 7.99. The fourth-order valence-corrected chi connectivity index (χ4v) is 4.13. The molecule has 3 heterocycles. The maximum atomic E-state index is 13.1. The Morgan fingerprint density at radius 1 is 1.42 bits per heavy atom. The van der Waals surface area contributed by atoms with Gasteiger partial charge in [0, 0.05) is 23.4 Å². The number of nitrogens with zero attached hydrogens (tertiary/aromatic N) is 2. The first-order valence-electron chi connectivity index (χ1n) is 7.94. The number of carbonyl (C=O) groups is 1. The summed E-state index contributed by atoms with van der Waals surface area (Å²) in [5, 5.41) is 0. The number of pyridine rings is 1. The molecule has 2 aromatic rings. The highest BCUT2D eigenvalue weighted by Crippen LogP contribution is 2.36. The minimum absolute atomic E-state index is 0.109. The maximum Gasteiger partial charge on any atom is 0.233 e. The van der Waals surface area contributed by atoms with Crippen molar-refractivity contribution in [1.29, 1.82) is 0 Å². The summed E-state index contributed by atoms with van der Waals surface area (Å²) in [6, 6.07) is 7.71. The molecule has 24 heavy (non-hydrogen) atoms. The van der Waals surface area contributed by atoms with Gasteiger partial charge in [-0.25, -0.2) is 0 Å². The van der Waals surface area contributed by atoms with Crippen LogP contribution in [-0.2, 0) is 11.2 Å². The summed E-state index contributed by atoms with van der Waals surface area (Å²) < 4.78 is 11.1. The van der Waals surface area contributed by atoms with Crippen LogP contribution in [-0.4, -0.2) is 36.9 Å². The topological polar surface area (TPSA) is 51.7 Å². The molecule has 4 rings (SSSR count). The van der Waals surface area contributed by atoms with Crippen LogP contribution in [0.1, 0.15) is 5.56 Å². The number of aromatic nitrogens is 1. The number of benzene rings is 1. The SMILES string of the molecule is COc1ccc2c(c1)C[C@H](C(=O)N1CCSc3ccncc31)CO2. The third-order valence-electron chi connectivity index (χ3n) is 4.41. The molecule has 2 aliphatic rings. The first kappa shape index (κ1) is 15.3. The molecule has 0 radical (unpaired) electrons. The summed E-state index contributed by atoms with van der Waals surface area (Å²) in [7, 11) is 1.64. The number of hydrogen-bond acceptors (Lipinski definition) is 5. The van der Waals surface area contributed by atoms with Crippen molar-refractivity contribution in [2.75, 3.05) is 30.9 Å². The zero-order chi connectivity index (χ0) is 16.5. The van der Waals surface area contributed by atoms with Gasteiger partial charge in [0.1, 0.15) is 18.1 Å². The molecule has 0 unspecified atom stereocenters. The molecule has 0 N–H and O–H groups in total. The predicted molar refractivity (Wildman–Crippen MR) is 93.0 cm³/mol. The molecule has 1 aromatic carbocycles. The Kier molecular flexibility index (Phi) is 4.06. The van der Waals surface area contributed by atoms with E-state index >= 15 is 0 Å². The lowest BCUT2D eigenvalue weighted by atomic mass is 9.95. The molecule has 0 fully saturated rings. The number of carbonyl (C=O) groups excluding carboxylic acids is 1. The van der Waals surface area contributed by atoms with Gasteiger partial charge >= 0.3 is 0 Å². The van der Waals surface area contributed by atoms with Gasteiger partial charge in [-0.05, 0) is 36.2 Å². The number of anilines is 1. The van der Waals surface area contributed by atoms with Gasteiger partial charge in [0.05, 0.1) is 24.9 Å². The largest absolute Gasteiger partial charge is 0.497 e. The van der Waals surface area contributed by atoms with Crippen molar-refractivity contribution < 1.29 is 14.3 Å². The van der Waals surface area contributed by atoms with E-state index in [1.807, 2.05) is 29.2 Å². The summed E-state index contributed by atoms with van der Waals surface area (Å²) in [5.74, 6) is 2.46. The lowest BCUT2D eigenvalue weighted by Crippen LogP contribution is -2.43. The second-order valence-corrected chi connectivity index (χ2v) is 7.00. The van der Waals surface area contributed by atoms with Crippen molar-refractivity contribution in [3.63, 3.8) is 0 Å². The smallest absolute Gasteiger partial charge is 0.233 e. The molecule has 6 heteroatoms. The van der Waals surface area contributed by atoms with E-state index in [1.54, 1.807) is 31.3 Å². The first-order valence-corrected chi connectivity index (χ1v) is 8.92. The number of fused-ring (bicyclic) bond motifs is 2. The van der Waals surface area contributed by atoms with Crippen molar-refractivity contribution in [3.05, 3.63) is 42.2 Å². The van der Waals surface area contributed by atoms with E-state index in [2.05, 4.69) is 4.98 Å². The average Bonchev–Trinajstić information content (AvgIpc) is 2.66. The molecule has 2 aliphatic heterocycles. The molecule has 124 valence electrons. The molecular weight excluding hydrogens is 324 g/mol. The lowest BCUT2D eigenvalue weighted by Gasteiger charge is -2.33. The van der Waals surface area contributed by atoms with E-state index in [0.717, 1.165) is 33.4 Å². The van der Waals surface area contributed by atoms with Crippen LogP contribution in [0.4, 0.5) is 5.69 Å². The summed E-state index contributed by atoms with van der Waals surface area (Å²) in [6.07, 6.45) is 4.22. The fourth-order valence-electron chi connectivity index (χ4n) is 3.17. The van der Waals surface area contributed by atoms with Crippen LogP contribution in [0.5, 0.6) is 11.5 Å². The van der Waals surface area contributed by atoms with Gasteiger partial charge in [-0.15, -0.1) is 11.8 Å². The Labute approximate surface area is 145 Å². The normalized spacial score (nSPS) is 19.0. The summed E-state index contributed by atoms with van der Waals surface area (Å²) in [6.45, 7) is 1.13. The van der Waals surface area contributed by atoms with Gasteiger partial charge in [0.15, 0.2) is 0 Å². The molecular formula is C18H18N2O3S. The second-order valence-electron chi connectivity index (χ2n) is 5.87. The van der Waals surface area contributed by atoms with Gasteiger partial charge in [-0.1, -0.05) is 0 Å². The van der Waals surface area contributed by atoms with Crippen LogP contribution in [0.2, 0.25) is 0 Å². The van der Waals surface area contributed by atoms with E-state index < -0.39 is 0 Å². The van der Waals surface area contributed by atoms with E-state index in [0.29, 0.717) is 19.6 Å². The molecule has 0 bridgehead atoms. The number of rotatable bonds is 2. The Balaban J connectivity index is 1.58. The predicted octanol–water partition coefficient (Wildman–Crippen LogP) is 2.78. The summed E-state index contributed by atoms with van der Waals surface area (Å²) >= 11 is 1.77. The van der Waals surface area contributed by atoms with Gasteiger partial charge in [0.25, 0.3) is 0 Å². The molecule has 1 atom stereocenters. The number of hydrogen-bond donors (Lipinski definition) is 0. The zero-order valence-corrected chi connectivity index (χ0v) is 14.2. The lowest BCUT2D eigenvalue weighted by molar-refractivity contribution is -0.123. The van der Waals surface area contributed by atoms with Crippen molar-refractivity contribution in [3.8, 4) is 11.5 Å². The van der Waals surface area contributed by atoms with Crippen molar-refractivity contribution in [1.82, 2.24) is 4.98 Å². The van der Waals surface area contributed by atoms with Crippen molar-refractivity contribution >= 4 is 23.4 Å². The van der Waals surface area contributed by atoms with Crippen LogP contribution in [0, 0.1) is 5.92 Å². The van der Waals surface area contributed by atoms with Gasteiger partial charge in [0.2, 0.25) is 5.91 Å². The van der Waals surface area contributed by atoms with Crippen molar-refractivity contribution in [2.45, 2.75) is 11.3 Å². The second kappa shape index (κ2) is 6.36. The monoisotopic (exact) mass is 342 g/mol. The number of amides is 1. The molecule has 0 aliphatic carbocycles. The standard InChI is InChI=1S/C18H18N2O3S/c1-22-14-2-3-16-12(9-14)8-13(11-23-16)18(21)20-6-7-24-17-4-5-19-10-15(17)20/h2-5,9-10,13H,6-8,11H2,1H3/t13-/m0/s1. The van der Waals surface area contributed by atoms with E-state index in [9.17, 15) is 4.79 Å². The Bertz CT molecular complexity index is 781. The zero-order valence-electron chi connectivity index (χ0n) is 13.4. The van der Waals surface area contributed by atoms with Crippen LogP contribution in [0.15, 0.2) is 41.6 Å². The minimum Gasteiger partial charge on any atom is -0.497 e. The minimum atomic E-state index is -0.180. The molecule has 1 aromatic heterocycles. The quantitative estimate of drug-likeness (QED) is 0.840. The average molecular weight is 342 g/mol. The Morgan fingerprint density at radius 3 is 3.21 bits per heavy atom. The molecule has 1 amide bonds. The van der Waals surface area contributed by atoms with E-state index in [1.165, 1.54) is 0 Å². The molecule has 0 spiro atoms. The Hall–Kier alpha value is -2.21. The molecule has 5 nitrogen and oxygen atoms in total. The number of ether oxygens (including phenoxy) is 2. The summed E-state index contributed by atoms with van der Waals surface area (Å²) in [4.78, 5) is 20.2. The van der Waals surface area contributed by atoms with Crippen molar-refractivity contribution in [2.24, 2.45) is 5.92 Å². The fraction of sp³-hybridized carbons (Fsp3) is 0.333. The Morgan fingerprint density at radius 2 is 2.33 bits per heavy atom. The first-order chi connectivity index (χ1) is 11.8. The van der Waals surface area contributed by atoms with Gasteiger partial charge in [-0.3, -0.25) is 9.78 Å². The van der Waals surface area contributed by atoms with E-state index in [-0.39, 0.29) is 11.8 Å². The van der Waals surface area contributed by atoms with Gasteiger partial charge < -0.3 is 14.4 Å². The molecule has 0 saturated carbocycles. The van der Waals surface area contributed by atoms with Crippen LogP contribution in [0.3, 0.4) is 0 Å². The maximum absolute atomic E-state index is 13.1.